The zero-order valence-electron chi connectivity index (χ0n) is 7.25. The lowest BCUT2D eigenvalue weighted by molar-refractivity contribution is 0.264. The molecule has 1 aliphatic carbocycles. The summed E-state index contributed by atoms with van der Waals surface area (Å²) < 4.78 is 0. The van der Waals surface area contributed by atoms with Gasteiger partial charge in [-0.25, -0.2) is 0 Å². The summed E-state index contributed by atoms with van der Waals surface area (Å²) in [6, 6.07) is 0. The van der Waals surface area contributed by atoms with Gasteiger partial charge in [0.1, 0.15) is 0 Å². The lowest BCUT2D eigenvalue weighted by Gasteiger charge is -2.34. The van der Waals surface area contributed by atoms with Crippen molar-refractivity contribution in [2.75, 3.05) is 14.1 Å². The summed E-state index contributed by atoms with van der Waals surface area (Å²) in [6.45, 7) is 3.85. The van der Waals surface area contributed by atoms with Crippen LogP contribution in [0.4, 0.5) is 0 Å². The number of rotatable bonds is 2. The fourth-order valence-electron chi connectivity index (χ4n) is 1.29. The van der Waals surface area contributed by atoms with Crippen LogP contribution in [-0.2, 0) is 0 Å². The fourth-order valence-corrected chi connectivity index (χ4v) is 1.29. The third kappa shape index (κ3) is 1.43. The molecule has 0 heterocycles. The summed E-state index contributed by atoms with van der Waals surface area (Å²) in [7, 11) is 4.15. The van der Waals surface area contributed by atoms with Crippen LogP contribution in [0.15, 0.2) is 37.0 Å². The second-order valence-electron chi connectivity index (χ2n) is 3.08. The van der Waals surface area contributed by atoms with Gasteiger partial charge in [0.25, 0.3) is 0 Å². The molecular weight excluding hydrogens is 134 g/mol. The average Bonchev–Trinajstić information content (AvgIpc) is 2.05. The van der Waals surface area contributed by atoms with E-state index in [1.165, 1.54) is 0 Å². The van der Waals surface area contributed by atoms with Crippen molar-refractivity contribution in [1.82, 2.24) is 4.90 Å². The van der Waals surface area contributed by atoms with E-state index >= 15 is 0 Å². The first-order valence-electron chi connectivity index (χ1n) is 3.87. The van der Waals surface area contributed by atoms with Gasteiger partial charge in [0.15, 0.2) is 0 Å². The largest absolute Gasteiger partial charge is 0.297 e. The molecule has 0 bridgehead atoms. The third-order valence-electron chi connectivity index (χ3n) is 2.26. The maximum Gasteiger partial charge on any atom is 0.0605 e. The molecule has 0 spiro atoms. The van der Waals surface area contributed by atoms with Gasteiger partial charge in [0.05, 0.1) is 5.54 Å². The van der Waals surface area contributed by atoms with Crippen molar-refractivity contribution < 1.29 is 0 Å². The van der Waals surface area contributed by atoms with Gasteiger partial charge in [0.2, 0.25) is 0 Å². The molecule has 0 fully saturated rings. The molecule has 1 nitrogen and oxygen atoms in total. The summed E-state index contributed by atoms with van der Waals surface area (Å²) in [5.74, 6) is 0. The molecule has 0 aromatic carbocycles. The summed E-state index contributed by atoms with van der Waals surface area (Å²) >= 11 is 0. The van der Waals surface area contributed by atoms with E-state index in [1.807, 2.05) is 6.08 Å². The predicted molar refractivity (Wildman–Crippen MR) is 49.5 cm³/mol. The zero-order valence-corrected chi connectivity index (χ0v) is 7.25. The summed E-state index contributed by atoms with van der Waals surface area (Å²) in [4.78, 5) is 2.18. The third-order valence-corrected chi connectivity index (χ3v) is 2.26. The SMILES string of the molecule is C=CC1(N(C)C)C=CC=CC1. The van der Waals surface area contributed by atoms with Crippen molar-refractivity contribution in [2.45, 2.75) is 12.0 Å². The van der Waals surface area contributed by atoms with Gasteiger partial charge < -0.3 is 0 Å². The first-order valence-corrected chi connectivity index (χ1v) is 3.87. The van der Waals surface area contributed by atoms with Crippen LogP contribution in [0.2, 0.25) is 0 Å². The highest BCUT2D eigenvalue weighted by molar-refractivity contribution is 5.26. The Morgan fingerprint density at radius 2 is 2.18 bits per heavy atom. The fraction of sp³-hybridized carbons (Fsp3) is 0.400. The van der Waals surface area contributed by atoms with Crippen molar-refractivity contribution in [2.24, 2.45) is 0 Å². The second-order valence-corrected chi connectivity index (χ2v) is 3.08. The van der Waals surface area contributed by atoms with Crippen LogP contribution in [0.3, 0.4) is 0 Å². The highest BCUT2D eigenvalue weighted by Gasteiger charge is 2.24. The Balaban J connectivity index is 2.85. The molecule has 0 saturated heterocycles. The normalized spacial score (nSPS) is 29.4. The van der Waals surface area contributed by atoms with E-state index < -0.39 is 0 Å². The maximum atomic E-state index is 3.85. The van der Waals surface area contributed by atoms with Crippen LogP contribution in [0.5, 0.6) is 0 Å². The molecule has 11 heavy (non-hydrogen) atoms. The number of hydrogen-bond acceptors (Lipinski definition) is 1. The average molecular weight is 149 g/mol. The summed E-state index contributed by atoms with van der Waals surface area (Å²) in [5.41, 5.74) is 0.0503. The molecule has 1 heteroatoms. The van der Waals surface area contributed by atoms with E-state index in [1.54, 1.807) is 0 Å². The predicted octanol–water partition coefficient (Wildman–Crippen LogP) is 1.99. The van der Waals surface area contributed by atoms with Crippen molar-refractivity contribution in [3.63, 3.8) is 0 Å². The highest BCUT2D eigenvalue weighted by atomic mass is 15.1. The minimum absolute atomic E-state index is 0.0503. The number of likely N-dealkylation sites (N-methyl/N-ethyl adjacent to an activating group) is 1. The Morgan fingerprint density at radius 3 is 2.45 bits per heavy atom. The van der Waals surface area contributed by atoms with Crippen molar-refractivity contribution >= 4 is 0 Å². The van der Waals surface area contributed by atoms with Gasteiger partial charge in [-0.3, -0.25) is 4.90 Å². The zero-order chi connectivity index (χ0) is 8.32. The van der Waals surface area contributed by atoms with Gasteiger partial charge in [0, 0.05) is 0 Å². The molecule has 0 radical (unpaired) electrons. The van der Waals surface area contributed by atoms with Crippen LogP contribution >= 0.6 is 0 Å². The molecule has 60 valence electrons. The topological polar surface area (TPSA) is 3.24 Å². The number of allylic oxidation sites excluding steroid dienone is 2. The van der Waals surface area contributed by atoms with Crippen molar-refractivity contribution in [1.29, 1.82) is 0 Å². The molecule has 0 N–H and O–H groups in total. The van der Waals surface area contributed by atoms with Crippen LogP contribution in [-0.4, -0.2) is 24.5 Å². The Labute approximate surface area is 68.7 Å². The second kappa shape index (κ2) is 3.05. The van der Waals surface area contributed by atoms with E-state index in [9.17, 15) is 0 Å². The lowest BCUT2D eigenvalue weighted by atomic mass is 9.90. The van der Waals surface area contributed by atoms with Gasteiger partial charge in [-0.05, 0) is 20.5 Å². The Kier molecular flexibility index (Phi) is 2.30. The van der Waals surface area contributed by atoms with Crippen LogP contribution in [0, 0.1) is 0 Å². The molecule has 0 saturated carbocycles. The Bertz CT molecular complexity index is 201. The summed E-state index contributed by atoms with van der Waals surface area (Å²) in [6.07, 6.45) is 11.5. The molecule has 1 atom stereocenters. The lowest BCUT2D eigenvalue weighted by Crippen LogP contribution is -2.40. The van der Waals surface area contributed by atoms with Gasteiger partial charge >= 0.3 is 0 Å². The first-order chi connectivity index (χ1) is 5.21. The van der Waals surface area contributed by atoms with Crippen molar-refractivity contribution in [3.05, 3.63) is 37.0 Å². The smallest absolute Gasteiger partial charge is 0.0605 e. The van der Waals surface area contributed by atoms with Gasteiger partial charge in [-0.1, -0.05) is 30.4 Å². The number of nitrogens with zero attached hydrogens (tertiary/aromatic N) is 1. The van der Waals surface area contributed by atoms with E-state index in [2.05, 4.69) is 49.9 Å². The first kappa shape index (κ1) is 8.28. The van der Waals surface area contributed by atoms with Crippen molar-refractivity contribution in [3.8, 4) is 0 Å². The van der Waals surface area contributed by atoms with E-state index in [0.717, 1.165) is 6.42 Å². The molecular formula is C10H15N. The number of hydrogen-bond donors (Lipinski definition) is 0. The van der Waals surface area contributed by atoms with E-state index in [0.29, 0.717) is 0 Å². The van der Waals surface area contributed by atoms with Gasteiger partial charge in [-0.15, -0.1) is 6.58 Å². The van der Waals surface area contributed by atoms with E-state index in [4.69, 9.17) is 0 Å². The monoisotopic (exact) mass is 149 g/mol. The molecule has 1 aliphatic rings. The Hall–Kier alpha value is -0.820. The minimum Gasteiger partial charge on any atom is -0.297 e. The molecule has 0 aliphatic heterocycles. The molecule has 1 unspecified atom stereocenters. The Morgan fingerprint density at radius 1 is 1.45 bits per heavy atom. The molecule has 0 amide bonds. The summed E-state index contributed by atoms with van der Waals surface area (Å²) in [5, 5.41) is 0. The van der Waals surface area contributed by atoms with E-state index in [-0.39, 0.29) is 5.54 Å². The van der Waals surface area contributed by atoms with Crippen LogP contribution in [0.25, 0.3) is 0 Å². The van der Waals surface area contributed by atoms with Crippen LogP contribution < -0.4 is 0 Å². The van der Waals surface area contributed by atoms with Crippen LogP contribution in [0.1, 0.15) is 6.42 Å². The standard InChI is InChI=1S/C10H15N/c1-4-10(11(2)3)8-6-5-7-9-10/h4-8H,1,9H2,2-3H3. The minimum atomic E-state index is 0.0503. The highest BCUT2D eigenvalue weighted by Crippen LogP contribution is 2.23. The molecule has 0 aromatic rings. The molecule has 0 aromatic heterocycles. The quantitative estimate of drug-likeness (QED) is 0.543. The van der Waals surface area contributed by atoms with Gasteiger partial charge in [-0.2, -0.15) is 0 Å². The maximum absolute atomic E-state index is 3.85. The molecule has 1 rings (SSSR count).